The van der Waals surface area contributed by atoms with Crippen LogP contribution >= 0.6 is 0 Å². The minimum Gasteiger partial charge on any atom is -1.00 e. The number of likely N-dealkylation sites (tertiary alicyclic amines) is 1. The average molecular weight is 568 g/mol. The standard InChI is InChI=1S/C30H51N2O3.BrH/c1-4-13-32(14-5-6-15-32)26-19-24-22-8-7-21-18-27(33)25(31-11-16-35-17-12-31)20-30(21,3)23(22)9-10-29(24,2)28(26)34;/h4,21-28,33-34H,1,5-20H2,2-3H3;1H/q+1;/p-1/t21-,22+,23-,24-,25-,26-,27-,28-,29-,30-;/m1./s1. The molecule has 0 aromatic rings. The van der Waals surface area contributed by atoms with Crippen molar-refractivity contribution in [2.75, 3.05) is 45.9 Å². The second-order valence-electron chi connectivity index (χ2n) is 14.0. The van der Waals surface area contributed by atoms with E-state index >= 15 is 0 Å². The molecular weight excluding hydrogens is 516 g/mol. The van der Waals surface area contributed by atoms with E-state index in [-0.39, 0.29) is 34.6 Å². The van der Waals surface area contributed by atoms with Crippen molar-refractivity contribution >= 4 is 0 Å². The second kappa shape index (κ2) is 10.2. The lowest BCUT2D eigenvalue weighted by molar-refractivity contribution is -0.938. The summed E-state index contributed by atoms with van der Waals surface area (Å²) in [4.78, 5) is 2.54. The lowest BCUT2D eigenvalue weighted by Gasteiger charge is -2.62. The van der Waals surface area contributed by atoms with Crippen LogP contribution in [0.2, 0.25) is 0 Å². The maximum Gasteiger partial charge on any atom is 0.116 e. The van der Waals surface area contributed by atoms with Gasteiger partial charge < -0.3 is 36.4 Å². The molecule has 4 aliphatic carbocycles. The Hall–Kier alpha value is 0.0200. The number of hydrogen-bond donors (Lipinski definition) is 2. The summed E-state index contributed by atoms with van der Waals surface area (Å²) < 4.78 is 6.73. The molecule has 2 heterocycles. The normalized spacial score (nSPS) is 50.4. The number of aliphatic hydroxyl groups is 2. The predicted molar refractivity (Wildman–Crippen MR) is 139 cm³/mol. The number of nitrogens with zero attached hydrogens (tertiary/aromatic N) is 2. The van der Waals surface area contributed by atoms with Crippen LogP contribution in [0.5, 0.6) is 0 Å². The minimum absolute atomic E-state index is 0. The number of halogens is 1. The first-order valence-corrected chi connectivity index (χ1v) is 15.0. The molecular formula is C30H51BrN2O3. The van der Waals surface area contributed by atoms with E-state index in [0.29, 0.717) is 29.3 Å². The van der Waals surface area contributed by atoms with Gasteiger partial charge in [0.15, 0.2) is 0 Å². The van der Waals surface area contributed by atoms with Gasteiger partial charge in [0.25, 0.3) is 0 Å². The van der Waals surface area contributed by atoms with E-state index in [1.807, 2.05) is 0 Å². The number of morpholine rings is 1. The van der Waals surface area contributed by atoms with Gasteiger partial charge in [-0.3, -0.25) is 4.90 Å². The molecule has 4 saturated carbocycles. The van der Waals surface area contributed by atoms with Crippen molar-refractivity contribution in [3.05, 3.63) is 12.7 Å². The monoisotopic (exact) mass is 566 g/mol. The summed E-state index contributed by atoms with van der Waals surface area (Å²) >= 11 is 0. The summed E-state index contributed by atoms with van der Waals surface area (Å²) in [7, 11) is 0. The third-order valence-electron chi connectivity index (χ3n) is 12.8. The van der Waals surface area contributed by atoms with Gasteiger partial charge in [0, 0.05) is 43.8 Å². The highest BCUT2D eigenvalue weighted by Gasteiger charge is 2.66. The van der Waals surface area contributed by atoms with Crippen LogP contribution in [-0.2, 0) is 4.74 Å². The van der Waals surface area contributed by atoms with Crippen molar-refractivity contribution in [1.82, 2.24) is 4.90 Å². The lowest BCUT2D eigenvalue weighted by atomic mass is 9.44. The van der Waals surface area contributed by atoms with E-state index < -0.39 is 0 Å². The van der Waals surface area contributed by atoms with E-state index in [0.717, 1.165) is 62.0 Å². The number of rotatable bonds is 4. The van der Waals surface area contributed by atoms with Crippen molar-refractivity contribution in [3.63, 3.8) is 0 Å². The van der Waals surface area contributed by atoms with Gasteiger partial charge in [-0.25, -0.2) is 0 Å². The minimum atomic E-state index is -0.187. The van der Waals surface area contributed by atoms with Crippen LogP contribution in [0, 0.1) is 34.5 Å². The zero-order valence-corrected chi connectivity index (χ0v) is 24.4. The van der Waals surface area contributed by atoms with Gasteiger partial charge in [-0.2, -0.15) is 0 Å². The third kappa shape index (κ3) is 4.11. The summed E-state index contributed by atoms with van der Waals surface area (Å²) in [6.07, 6.45) is 12.7. The predicted octanol–water partition coefficient (Wildman–Crippen LogP) is 0.841. The Balaban J connectivity index is 0.00000267. The molecule has 0 aromatic heterocycles. The molecule has 6 heteroatoms. The molecule has 0 radical (unpaired) electrons. The molecule has 2 saturated heterocycles. The summed E-state index contributed by atoms with van der Waals surface area (Å²) in [5.74, 6) is 2.78. The topological polar surface area (TPSA) is 52.9 Å². The highest BCUT2D eigenvalue weighted by molar-refractivity contribution is 5.13. The largest absolute Gasteiger partial charge is 1.00 e. The number of fused-ring (bicyclic) bond motifs is 5. The number of aliphatic hydroxyl groups excluding tert-OH is 2. The molecule has 206 valence electrons. The van der Waals surface area contributed by atoms with E-state index in [1.54, 1.807) is 0 Å². The number of hydrogen-bond acceptors (Lipinski definition) is 4. The van der Waals surface area contributed by atoms with Gasteiger partial charge in [-0.15, -0.1) is 0 Å². The van der Waals surface area contributed by atoms with Crippen LogP contribution in [0.3, 0.4) is 0 Å². The van der Waals surface area contributed by atoms with Gasteiger partial charge in [-0.05, 0) is 73.7 Å². The van der Waals surface area contributed by atoms with Crippen LogP contribution in [0.25, 0.3) is 0 Å². The van der Waals surface area contributed by atoms with Gasteiger partial charge in [-0.1, -0.05) is 20.4 Å². The first kappa shape index (κ1) is 27.6. The molecule has 0 bridgehead atoms. The first-order valence-electron chi connectivity index (χ1n) is 15.0. The maximum absolute atomic E-state index is 11.9. The third-order valence-corrected chi connectivity index (χ3v) is 12.8. The molecule has 0 unspecified atom stereocenters. The van der Waals surface area contributed by atoms with Crippen LogP contribution < -0.4 is 17.0 Å². The Kier molecular flexibility index (Phi) is 7.82. The number of ether oxygens (including phenoxy) is 1. The van der Waals surface area contributed by atoms with Crippen LogP contribution in [0.4, 0.5) is 0 Å². The molecule has 0 amide bonds. The summed E-state index contributed by atoms with van der Waals surface area (Å²) in [6.45, 7) is 16.2. The molecule has 6 fully saturated rings. The summed E-state index contributed by atoms with van der Waals surface area (Å²) in [5, 5.41) is 23.1. The van der Waals surface area contributed by atoms with Gasteiger partial charge in [0.2, 0.25) is 0 Å². The molecule has 6 rings (SSSR count). The van der Waals surface area contributed by atoms with Crippen molar-refractivity contribution in [2.45, 2.75) is 95.9 Å². The molecule has 5 nitrogen and oxygen atoms in total. The van der Waals surface area contributed by atoms with Crippen LogP contribution in [-0.4, -0.2) is 89.8 Å². The molecule has 10 atom stereocenters. The van der Waals surface area contributed by atoms with Gasteiger partial charge in [0.1, 0.15) is 12.1 Å². The van der Waals surface area contributed by atoms with Gasteiger partial charge >= 0.3 is 0 Å². The van der Waals surface area contributed by atoms with E-state index in [1.165, 1.54) is 58.0 Å². The molecule has 36 heavy (non-hydrogen) atoms. The fourth-order valence-electron chi connectivity index (χ4n) is 10.9. The molecule has 0 spiro atoms. The zero-order chi connectivity index (χ0) is 24.4. The Morgan fingerprint density at radius 1 is 1.00 bits per heavy atom. The highest BCUT2D eigenvalue weighted by atomic mass is 79.9. The van der Waals surface area contributed by atoms with Gasteiger partial charge in [0.05, 0.1) is 39.0 Å². The highest BCUT2D eigenvalue weighted by Crippen LogP contribution is 2.67. The maximum atomic E-state index is 11.9. The second-order valence-corrected chi connectivity index (χ2v) is 14.0. The van der Waals surface area contributed by atoms with Crippen LogP contribution in [0.1, 0.15) is 71.6 Å². The first-order chi connectivity index (χ1) is 16.8. The van der Waals surface area contributed by atoms with Crippen molar-refractivity contribution < 1.29 is 36.4 Å². The smallest absolute Gasteiger partial charge is 0.116 e. The Labute approximate surface area is 230 Å². The van der Waals surface area contributed by atoms with E-state index in [2.05, 4.69) is 31.4 Å². The Morgan fingerprint density at radius 3 is 2.42 bits per heavy atom. The van der Waals surface area contributed by atoms with Crippen LogP contribution in [0.15, 0.2) is 12.7 Å². The lowest BCUT2D eigenvalue weighted by Crippen LogP contribution is -3.00. The quantitative estimate of drug-likeness (QED) is 0.391. The summed E-state index contributed by atoms with van der Waals surface area (Å²) in [6, 6.07) is 0.684. The Bertz CT molecular complexity index is 799. The zero-order valence-electron chi connectivity index (χ0n) is 22.8. The average Bonchev–Trinajstić information content (AvgIpc) is 3.43. The SMILES string of the molecule is C=CC[N+]1([C@@H]2C[C@@H]3[C@H]4CC[C@@H]5C[C@@H](O)[C@H](N6CCOCC6)C[C@@]5(C)[C@@H]4CC[C@@]3(C)[C@@H]2O)CCCC1.[Br-]. The molecule has 2 N–H and O–H groups in total. The van der Waals surface area contributed by atoms with Crippen molar-refractivity contribution in [1.29, 1.82) is 0 Å². The fraction of sp³-hybridized carbons (Fsp3) is 0.933. The van der Waals surface area contributed by atoms with Crippen molar-refractivity contribution in [2.24, 2.45) is 34.5 Å². The molecule has 2 aliphatic heterocycles. The molecule has 0 aromatic carbocycles. The van der Waals surface area contributed by atoms with E-state index in [9.17, 15) is 10.2 Å². The number of quaternary nitrogens is 1. The van der Waals surface area contributed by atoms with Crippen molar-refractivity contribution in [3.8, 4) is 0 Å². The summed E-state index contributed by atoms with van der Waals surface area (Å²) in [5.41, 5.74) is 0.387. The Morgan fingerprint density at radius 2 is 1.72 bits per heavy atom. The van der Waals surface area contributed by atoms with E-state index in [4.69, 9.17) is 4.74 Å². The molecule has 6 aliphatic rings. The fourth-order valence-corrected chi connectivity index (χ4v) is 10.9.